The average Bonchev–Trinajstić information content (AvgIpc) is 3.23. The molecule has 1 N–H and O–H groups in total. The van der Waals surface area contributed by atoms with Gasteiger partial charge in [0, 0.05) is 18.2 Å². The molecule has 0 unspecified atom stereocenters. The zero-order valence-electron chi connectivity index (χ0n) is 18.5. The van der Waals surface area contributed by atoms with E-state index in [0.29, 0.717) is 41.3 Å². The molecular formula is C25H25N3O5. The quantitative estimate of drug-likeness (QED) is 0.323. The number of pyridine rings is 1. The maximum absolute atomic E-state index is 10.7. The monoisotopic (exact) mass is 447 g/mol. The molecule has 3 aromatic heterocycles. The predicted octanol–water partition coefficient (Wildman–Crippen LogP) is 5.37. The van der Waals surface area contributed by atoms with E-state index in [4.69, 9.17) is 19.0 Å². The number of hydrogen-bond donors (Lipinski definition) is 1. The van der Waals surface area contributed by atoms with Gasteiger partial charge < -0.3 is 19.0 Å². The first-order valence-electron chi connectivity index (χ1n) is 10.8. The Morgan fingerprint density at radius 3 is 2.61 bits per heavy atom. The normalized spacial score (nSPS) is 11.9. The fourth-order valence-electron chi connectivity index (χ4n) is 3.66. The van der Waals surface area contributed by atoms with Crippen LogP contribution >= 0.6 is 0 Å². The van der Waals surface area contributed by atoms with Crippen LogP contribution in [0.5, 0.6) is 11.6 Å². The fraction of sp³-hybridized carbons (Fsp3) is 0.280. The first-order valence-corrected chi connectivity index (χ1v) is 10.8. The number of aliphatic carboxylic acids is 1. The molecule has 0 saturated carbocycles. The third-order valence-electron chi connectivity index (χ3n) is 5.29. The summed E-state index contributed by atoms with van der Waals surface area (Å²) in [6, 6.07) is 13.3. The summed E-state index contributed by atoms with van der Waals surface area (Å²) >= 11 is 0. The molecule has 1 aromatic carbocycles. The highest BCUT2D eigenvalue weighted by Crippen LogP contribution is 2.43. The number of furan rings is 1. The molecule has 4 rings (SSSR count). The lowest BCUT2D eigenvalue weighted by Gasteiger charge is -2.14. The van der Waals surface area contributed by atoms with E-state index < -0.39 is 5.97 Å². The number of carboxylic acid groups (broad SMARTS) is 1. The summed E-state index contributed by atoms with van der Waals surface area (Å²) in [5, 5.41) is 9.50. The molecule has 0 saturated heterocycles. The number of fused-ring (bicyclic) bond motifs is 1. The Morgan fingerprint density at radius 1 is 1.09 bits per heavy atom. The lowest BCUT2D eigenvalue weighted by atomic mass is 10.0. The molecule has 170 valence electrons. The molecule has 0 bridgehead atoms. The molecule has 0 aliphatic rings. The van der Waals surface area contributed by atoms with Crippen LogP contribution in [0.3, 0.4) is 0 Å². The number of benzene rings is 1. The smallest absolute Gasteiger partial charge is 0.303 e. The van der Waals surface area contributed by atoms with Gasteiger partial charge in [0.15, 0.2) is 5.76 Å². The Kier molecular flexibility index (Phi) is 6.83. The summed E-state index contributed by atoms with van der Waals surface area (Å²) in [4.78, 5) is 23.9. The van der Waals surface area contributed by atoms with Gasteiger partial charge in [-0.15, -0.1) is 0 Å². The van der Waals surface area contributed by atoms with Gasteiger partial charge in [-0.25, -0.2) is 9.97 Å². The van der Waals surface area contributed by atoms with Crippen LogP contribution in [-0.2, 0) is 4.79 Å². The third-order valence-corrected chi connectivity index (χ3v) is 5.29. The Labute approximate surface area is 191 Å². The van der Waals surface area contributed by atoms with E-state index in [1.807, 2.05) is 49.4 Å². The van der Waals surface area contributed by atoms with Gasteiger partial charge in [0.05, 0.1) is 13.2 Å². The molecule has 8 nitrogen and oxygen atoms in total. The number of carbonyl (C=O) groups is 1. The highest BCUT2D eigenvalue weighted by atomic mass is 16.5. The summed E-state index contributed by atoms with van der Waals surface area (Å²) in [5.74, 6) is 0.956. The lowest BCUT2D eigenvalue weighted by molar-refractivity contribution is -0.137. The molecule has 0 spiro atoms. The van der Waals surface area contributed by atoms with Crippen LogP contribution in [0, 0.1) is 0 Å². The average molecular weight is 447 g/mol. The van der Waals surface area contributed by atoms with Crippen LogP contribution in [0.25, 0.3) is 33.7 Å². The highest BCUT2D eigenvalue weighted by molar-refractivity contribution is 6.02. The van der Waals surface area contributed by atoms with Crippen LogP contribution in [0.4, 0.5) is 0 Å². The van der Waals surface area contributed by atoms with Gasteiger partial charge in [0.2, 0.25) is 11.6 Å². The topological polar surface area (TPSA) is 108 Å². The first kappa shape index (κ1) is 22.3. The molecule has 0 radical (unpaired) electrons. The Bertz CT molecular complexity index is 1220. The molecular weight excluding hydrogens is 422 g/mol. The minimum atomic E-state index is -0.786. The van der Waals surface area contributed by atoms with Crippen molar-refractivity contribution >= 4 is 17.1 Å². The van der Waals surface area contributed by atoms with Gasteiger partial charge in [-0.05, 0) is 56.0 Å². The Hall–Kier alpha value is -3.94. The van der Waals surface area contributed by atoms with E-state index in [1.54, 1.807) is 13.3 Å². The van der Waals surface area contributed by atoms with Crippen molar-refractivity contribution in [3.05, 3.63) is 55.0 Å². The van der Waals surface area contributed by atoms with Crippen LogP contribution in [0.15, 0.2) is 59.4 Å². The number of nitrogens with zero attached hydrogens (tertiary/aromatic N) is 3. The van der Waals surface area contributed by atoms with Crippen LogP contribution < -0.4 is 9.47 Å². The number of methoxy groups -OCH3 is 1. The molecule has 0 amide bonds. The van der Waals surface area contributed by atoms with Crippen LogP contribution in [-0.4, -0.2) is 39.2 Å². The van der Waals surface area contributed by atoms with E-state index in [0.717, 1.165) is 23.3 Å². The van der Waals surface area contributed by atoms with Crippen molar-refractivity contribution in [2.75, 3.05) is 7.11 Å². The van der Waals surface area contributed by atoms with E-state index in [2.05, 4.69) is 15.0 Å². The Balaban J connectivity index is 1.74. The van der Waals surface area contributed by atoms with E-state index >= 15 is 0 Å². The van der Waals surface area contributed by atoms with Crippen LogP contribution in [0.2, 0.25) is 0 Å². The largest absolute Gasteiger partial charge is 0.497 e. The predicted molar refractivity (Wildman–Crippen MR) is 123 cm³/mol. The third kappa shape index (κ3) is 5.11. The molecule has 1 atom stereocenters. The van der Waals surface area contributed by atoms with Gasteiger partial charge in [-0.3, -0.25) is 9.78 Å². The van der Waals surface area contributed by atoms with Crippen molar-refractivity contribution in [2.24, 2.45) is 0 Å². The fourth-order valence-corrected chi connectivity index (χ4v) is 3.66. The van der Waals surface area contributed by atoms with Gasteiger partial charge in [-0.2, -0.15) is 0 Å². The summed E-state index contributed by atoms with van der Waals surface area (Å²) < 4.78 is 17.6. The highest BCUT2D eigenvalue weighted by Gasteiger charge is 2.24. The molecule has 0 fully saturated rings. The molecule has 33 heavy (non-hydrogen) atoms. The molecule has 4 aromatic rings. The number of rotatable bonds is 10. The summed E-state index contributed by atoms with van der Waals surface area (Å²) in [6.45, 7) is 1.95. The number of aromatic nitrogens is 3. The van der Waals surface area contributed by atoms with Gasteiger partial charge in [0.1, 0.15) is 23.2 Å². The van der Waals surface area contributed by atoms with Gasteiger partial charge in [0.25, 0.3) is 0 Å². The second-order valence-corrected chi connectivity index (χ2v) is 7.68. The van der Waals surface area contributed by atoms with E-state index in [-0.39, 0.29) is 12.5 Å². The Morgan fingerprint density at radius 2 is 1.91 bits per heavy atom. The maximum Gasteiger partial charge on any atom is 0.303 e. The van der Waals surface area contributed by atoms with E-state index in [9.17, 15) is 4.79 Å². The minimum Gasteiger partial charge on any atom is -0.497 e. The lowest BCUT2D eigenvalue weighted by Crippen LogP contribution is -2.13. The number of unbranched alkanes of at least 4 members (excludes halogenated alkanes) is 1. The first-order chi connectivity index (χ1) is 16.1. The van der Waals surface area contributed by atoms with Crippen molar-refractivity contribution in [1.82, 2.24) is 15.0 Å². The maximum atomic E-state index is 10.7. The van der Waals surface area contributed by atoms with Crippen molar-refractivity contribution in [3.8, 4) is 34.2 Å². The number of hydrogen-bond acceptors (Lipinski definition) is 7. The molecule has 0 aliphatic heterocycles. The number of ether oxygens (including phenoxy) is 2. The summed E-state index contributed by atoms with van der Waals surface area (Å²) in [6.07, 6.45) is 5.18. The minimum absolute atomic E-state index is 0.154. The van der Waals surface area contributed by atoms with Crippen molar-refractivity contribution < 1.29 is 23.8 Å². The van der Waals surface area contributed by atoms with Crippen molar-refractivity contribution in [2.45, 2.75) is 38.7 Å². The molecule has 0 aliphatic carbocycles. The SMILES string of the molecule is COc1ccc(-c2c(-c3ccccn3)oc3ncnc(O[C@H](C)CCCCC(=O)O)c23)cc1. The second-order valence-electron chi connectivity index (χ2n) is 7.68. The second kappa shape index (κ2) is 10.1. The summed E-state index contributed by atoms with van der Waals surface area (Å²) in [5.41, 5.74) is 2.77. The van der Waals surface area contributed by atoms with Gasteiger partial charge >= 0.3 is 5.97 Å². The summed E-state index contributed by atoms with van der Waals surface area (Å²) in [7, 11) is 1.62. The zero-order valence-corrected chi connectivity index (χ0v) is 18.5. The molecule has 3 heterocycles. The van der Waals surface area contributed by atoms with Gasteiger partial charge in [-0.1, -0.05) is 18.2 Å². The van der Waals surface area contributed by atoms with Crippen molar-refractivity contribution in [1.29, 1.82) is 0 Å². The zero-order chi connectivity index (χ0) is 23.2. The standard InChI is InChI=1S/C25H25N3O5/c1-16(7-3-4-9-20(29)30)32-24-22-21(17-10-12-18(31-2)13-11-17)23(19-8-5-6-14-26-19)33-25(22)28-15-27-24/h5-6,8,10-16H,3-4,7,9H2,1-2H3,(H,29,30)/t16-/m1/s1. The van der Waals surface area contributed by atoms with Crippen LogP contribution in [0.1, 0.15) is 32.6 Å². The molecule has 8 heteroatoms. The van der Waals surface area contributed by atoms with E-state index in [1.165, 1.54) is 6.33 Å². The van der Waals surface area contributed by atoms with Crippen molar-refractivity contribution in [3.63, 3.8) is 0 Å². The number of carboxylic acids is 1.